The highest BCUT2D eigenvalue weighted by molar-refractivity contribution is 5.92. The molecule has 3 aromatic rings. The van der Waals surface area contributed by atoms with Crippen LogP contribution in [0.3, 0.4) is 0 Å². The van der Waals surface area contributed by atoms with E-state index < -0.39 is 0 Å². The molecular formula is C21H27N7O. The van der Waals surface area contributed by atoms with Gasteiger partial charge in [0.1, 0.15) is 18.5 Å². The summed E-state index contributed by atoms with van der Waals surface area (Å²) in [4.78, 5) is 16.0. The Bertz CT molecular complexity index is 974. The smallest absolute Gasteiger partial charge is 0.157 e. The second-order valence-electron chi connectivity index (χ2n) is 7.96. The maximum Gasteiger partial charge on any atom is 0.157 e. The third-order valence-corrected chi connectivity index (χ3v) is 6.20. The van der Waals surface area contributed by atoms with Crippen molar-refractivity contribution in [3.05, 3.63) is 30.9 Å². The predicted molar refractivity (Wildman–Crippen MR) is 112 cm³/mol. The zero-order valence-corrected chi connectivity index (χ0v) is 16.8. The van der Waals surface area contributed by atoms with E-state index in [4.69, 9.17) is 4.74 Å². The van der Waals surface area contributed by atoms with Crippen LogP contribution < -0.4 is 5.32 Å². The van der Waals surface area contributed by atoms with Gasteiger partial charge in [-0.15, -0.1) is 0 Å². The zero-order valence-electron chi connectivity index (χ0n) is 16.8. The Labute approximate surface area is 170 Å². The first-order valence-electron chi connectivity index (χ1n) is 10.5. The monoisotopic (exact) mass is 393 g/mol. The zero-order chi connectivity index (χ0) is 19.6. The summed E-state index contributed by atoms with van der Waals surface area (Å²) in [6.45, 7) is 3.90. The minimum atomic E-state index is 0.448. The summed E-state index contributed by atoms with van der Waals surface area (Å²) in [5, 5.41) is 8.91. The van der Waals surface area contributed by atoms with E-state index in [9.17, 15) is 0 Å². The van der Waals surface area contributed by atoms with Crippen LogP contribution >= 0.6 is 0 Å². The second kappa shape index (κ2) is 8.04. The number of anilines is 1. The molecule has 5 rings (SSSR count). The van der Waals surface area contributed by atoms with E-state index in [1.807, 2.05) is 19.2 Å². The summed E-state index contributed by atoms with van der Waals surface area (Å²) in [5.74, 6) is 1.75. The van der Waals surface area contributed by atoms with Crippen LogP contribution in [-0.4, -0.2) is 68.0 Å². The van der Waals surface area contributed by atoms with Crippen LogP contribution in [0.1, 0.15) is 25.7 Å². The number of rotatable bonds is 4. The van der Waals surface area contributed by atoms with Gasteiger partial charge in [0.15, 0.2) is 5.82 Å². The predicted octanol–water partition coefficient (Wildman–Crippen LogP) is 2.48. The van der Waals surface area contributed by atoms with Crippen LogP contribution in [0.2, 0.25) is 0 Å². The second-order valence-corrected chi connectivity index (χ2v) is 7.96. The van der Waals surface area contributed by atoms with Gasteiger partial charge in [0.05, 0.1) is 18.7 Å². The van der Waals surface area contributed by atoms with E-state index in [1.54, 1.807) is 17.3 Å². The topological polar surface area (TPSA) is 81.0 Å². The van der Waals surface area contributed by atoms with Gasteiger partial charge >= 0.3 is 0 Å². The molecule has 8 nitrogen and oxygen atoms in total. The number of benzene rings is 1. The summed E-state index contributed by atoms with van der Waals surface area (Å²) in [6.07, 6.45) is 8.00. The van der Waals surface area contributed by atoms with Crippen LogP contribution in [0.4, 0.5) is 5.82 Å². The lowest BCUT2D eigenvalue weighted by Gasteiger charge is -2.39. The van der Waals surface area contributed by atoms with Crippen molar-refractivity contribution in [2.24, 2.45) is 7.05 Å². The highest BCUT2D eigenvalue weighted by Crippen LogP contribution is 2.29. The van der Waals surface area contributed by atoms with Crippen molar-refractivity contribution in [3.8, 4) is 11.4 Å². The number of hydrogen-bond acceptors (Lipinski definition) is 7. The van der Waals surface area contributed by atoms with Crippen LogP contribution in [0.15, 0.2) is 30.9 Å². The number of nitrogens with one attached hydrogen (secondary N) is 1. The van der Waals surface area contributed by atoms with Gasteiger partial charge in [0, 0.05) is 43.2 Å². The largest absolute Gasteiger partial charge is 0.379 e. The summed E-state index contributed by atoms with van der Waals surface area (Å²) in [5.41, 5.74) is 1.96. The van der Waals surface area contributed by atoms with Gasteiger partial charge < -0.3 is 10.1 Å². The van der Waals surface area contributed by atoms with E-state index in [1.165, 1.54) is 12.8 Å². The van der Waals surface area contributed by atoms with Crippen LogP contribution in [-0.2, 0) is 11.8 Å². The Balaban J connectivity index is 1.32. The third kappa shape index (κ3) is 3.82. The van der Waals surface area contributed by atoms with Gasteiger partial charge in [-0.25, -0.2) is 19.6 Å². The van der Waals surface area contributed by atoms with Crippen LogP contribution in [0.25, 0.3) is 22.3 Å². The van der Waals surface area contributed by atoms with Crippen LogP contribution in [0.5, 0.6) is 0 Å². The normalized spacial score (nSPS) is 23.3. The van der Waals surface area contributed by atoms with Gasteiger partial charge in [-0.3, -0.25) is 4.90 Å². The SMILES string of the molecule is Cn1ncnc1-c1ccc2ncnc(N[C@H]3CC[C@H](N4CCOCC4)CC3)c2c1. The van der Waals surface area contributed by atoms with Crippen molar-refractivity contribution in [2.75, 3.05) is 31.6 Å². The lowest BCUT2D eigenvalue weighted by atomic mass is 9.90. The van der Waals surface area contributed by atoms with Crippen molar-refractivity contribution in [2.45, 2.75) is 37.8 Å². The lowest BCUT2D eigenvalue weighted by molar-refractivity contribution is 0.00791. The highest BCUT2D eigenvalue weighted by Gasteiger charge is 2.27. The minimum Gasteiger partial charge on any atom is -0.379 e. The first-order chi connectivity index (χ1) is 14.3. The number of aromatic nitrogens is 5. The van der Waals surface area contributed by atoms with Crippen molar-refractivity contribution >= 4 is 16.7 Å². The molecule has 2 fully saturated rings. The molecule has 1 aromatic carbocycles. The van der Waals surface area contributed by atoms with E-state index in [0.29, 0.717) is 12.1 Å². The number of aryl methyl sites for hydroxylation is 1. The number of fused-ring (bicyclic) bond motifs is 1. The molecule has 2 aliphatic rings. The molecule has 152 valence electrons. The van der Waals surface area contributed by atoms with E-state index in [-0.39, 0.29) is 0 Å². The Kier molecular flexibility index (Phi) is 5.12. The highest BCUT2D eigenvalue weighted by atomic mass is 16.5. The molecule has 8 heteroatoms. The quantitative estimate of drug-likeness (QED) is 0.729. The third-order valence-electron chi connectivity index (χ3n) is 6.20. The van der Waals surface area contributed by atoms with E-state index in [0.717, 1.165) is 67.3 Å². The maximum absolute atomic E-state index is 5.50. The maximum atomic E-state index is 5.50. The molecule has 2 aromatic heterocycles. The molecule has 0 atom stereocenters. The summed E-state index contributed by atoms with van der Waals surface area (Å²) >= 11 is 0. The molecule has 0 bridgehead atoms. The molecule has 0 radical (unpaired) electrons. The fraction of sp³-hybridized carbons (Fsp3) is 0.524. The van der Waals surface area contributed by atoms with E-state index >= 15 is 0 Å². The molecule has 0 unspecified atom stereocenters. The minimum absolute atomic E-state index is 0.448. The van der Waals surface area contributed by atoms with Gasteiger partial charge in [-0.1, -0.05) is 0 Å². The van der Waals surface area contributed by atoms with Crippen molar-refractivity contribution in [3.63, 3.8) is 0 Å². The Morgan fingerprint density at radius 1 is 1.00 bits per heavy atom. The Hall–Kier alpha value is -2.58. The van der Waals surface area contributed by atoms with Gasteiger partial charge in [0.2, 0.25) is 0 Å². The summed E-state index contributed by atoms with van der Waals surface area (Å²) in [7, 11) is 1.90. The van der Waals surface area contributed by atoms with E-state index in [2.05, 4.69) is 36.3 Å². The molecule has 1 saturated heterocycles. The molecule has 29 heavy (non-hydrogen) atoms. The van der Waals surface area contributed by atoms with Gasteiger partial charge in [-0.05, 0) is 43.9 Å². The lowest BCUT2D eigenvalue weighted by Crippen LogP contribution is -2.46. The number of nitrogens with zero attached hydrogens (tertiary/aromatic N) is 6. The van der Waals surface area contributed by atoms with Crippen molar-refractivity contribution in [1.29, 1.82) is 0 Å². The van der Waals surface area contributed by atoms with Crippen molar-refractivity contribution < 1.29 is 4.74 Å². The molecule has 1 saturated carbocycles. The molecule has 1 aliphatic heterocycles. The number of ether oxygens (including phenoxy) is 1. The fourth-order valence-corrected chi connectivity index (χ4v) is 4.59. The molecular weight excluding hydrogens is 366 g/mol. The summed E-state index contributed by atoms with van der Waals surface area (Å²) < 4.78 is 7.28. The first kappa shape index (κ1) is 18.4. The summed E-state index contributed by atoms with van der Waals surface area (Å²) in [6, 6.07) is 7.32. The van der Waals surface area contributed by atoms with Crippen molar-refractivity contribution in [1.82, 2.24) is 29.6 Å². The fourth-order valence-electron chi connectivity index (χ4n) is 4.59. The molecule has 1 N–H and O–H groups in total. The number of morpholine rings is 1. The average molecular weight is 393 g/mol. The molecule has 1 aliphatic carbocycles. The standard InChI is InChI=1S/C21H27N7O/c1-27-21(24-14-25-27)15-2-7-19-18(12-15)20(23-13-22-19)26-16-3-5-17(6-4-16)28-8-10-29-11-9-28/h2,7,12-14,16-17H,3-6,8-11H2,1H3,(H,22,23,26)/t16-,17-. The van der Waals surface area contributed by atoms with Crippen LogP contribution in [0, 0.1) is 0 Å². The molecule has 0 amide bonds. The Morgan fingerprint density at radius 2 is 1.83 bits per heavy atom. The molecule has 0 spiro atoms. The molecule has 3 heterocycles. The van der Waals surface area contributed by atoms with Gasteiger partial charge in [0.25, 0.3) is 0 Å². The Morgan fingerprint density at radius 3 is 2.59 bits per heavy atom. The average Bonchev–Trinajstić information content (AvgIpc) is 3.21. The first-order valence-corrected chi connectivity index (χ1v) is 10.5. The number of hydrogen-bond donors (Lipinski definition) is 1. The van der Waals surface area contributed by atoms with Gasteiger partial charge in [-0.2, -0.15) is 5.10 Å².